The molecule has 1 N–H and O–H groups in total. The minimum Gasteiger partial charge on any atom is -0.479 e. The van der Waals surface area contributed by atoms with Crippen molar-refractivity contribution in [3.63, 3.8) is 0 Å². The van der Waals surface area contributed by atoms with Gasteiger partial charge in [0.05, 0.1) is 18.6 Å². The minimum absolute atomic E-state index is 0.378. The van der Waals surface area contributed by atoms with E-state index < -0.39 is 5.97 Å². The molecule has 0 aliphatic carbocycles. The van der Waals surface area contributed by atoms with Crippen molar-refractivity contribution in [1.82, 2.24) is 14.6 Å². The van der Waals surface area contributed by atoms with E-state index in [0.29, 0.717) is 11.4 Å². The summed E-state index contributed by atoms with van der Waals surface area (Å²) in [5.74, 6) is -0.644. The molecular formula is C8H7N3O3. The van der Waals surface area contributed by atoms with Gasteiger partial charge in [0.25, 0.3) is 0 Å². The summed E-state index contributed by atoms with van der Waals surface area (Å²) >= 11 is 0. The molecular weight excluding hydrogens is 186 g/mol. The molecule has 2 aromatic heterocycles. The lowest BCUT2D eigenvalue weighted by molar-refractivity contribution is -0.139. The molecule has 0 unspecified atom stereocenters. The molecule has 0 bridgehead atoms. The van der Waals surface area contributed by atoms with E-state index in [1.54, 1.807) is 18.5 Å². The molecule has 72 valence electrons. The number of hydrogen-bond acceptors (Lipinski definition) is 4. The minimum atomic E-state index is -1.02. The molecule has 6 nitrogen and oxygen atoms in total. The number of rotatable bonds is 3. The van der Waals surface area contributed by atoms with Crippen LogP contribution in [-0.2, 0) is 4.79 Å². The lowest BCUT2D eigenvalue weighted by atomic mass is 10.5. The van der Waals surface area contributed by atoms with Gasteiger partial charge < -0.3 is 9.84 Å². The largest absolute Gasteiger partial charge is 0.479 e. The van der Waals surface area contributed by atoms with E-state index in [2.05, 4.69) is 10.1 Å². The van der Waals surface area contributed by atoms with Gasteiger partial charge in [0.15, 0.2) is 18.0 Å². The zero-order valence-electron chi connectivity index (χ0n) is 7.12. The highest BCUT2D eigenvalue weighted by Gasteiger charge is 2.01. The summed E-state index contributed by atoms with van der Waals surface area (Å²) in [6.45, 7) is -0.381. The van der Waals surface area contributed by atoms with Crippen molar-refractivity contribution in [2.45, 2.75) is 0 Å². The van der Waals surface area contributed by atoms with Crippen LogP contribution in [0.5, 0.6) is 5.75 Å². The molecule has 2 heterocycles. The Morgan fingerprint density at radius 3 is 3.29 bits per heavy atom. The average molecular weight is 193 g/mol. The third kappa shape index (κ3) is 1.63. The number of carbonyl (C=O) groups is 1. The highest BCUT2D eigenvalue weighted by Crippen LogP contribution is 2.08. The van der Waals surface area contributed by atoms with Crippen molar-refractivity contribution in [1.29, 1.82) is 0 Å². The Labute approximate surface area is 78.8 Å². The molecule has 0 amide bonds. The van der Waals surface area contributed by atoms with Crippen LogP contribution in [0.1, 0.15) is 0 Å². The van der Waals surface area contributed by atoms with Gasteiger partial charge >= 0.3 is 5.97 Å². The normalized spacial score (nSPS) is 10.3. The van der Waals surface area contributed by atoms with Gasteiger partial charge in [-0.25, -0.2) is 14.3 Å². The zero-order valence-corrected chi connectivity index (χ0v) is 7.12. The van der Waals surface area contributed by atoms with Crippen LogP contribution >= 0.6 is 0 Å². The topological polar surface area (TPSA) is 76.7 Å². The summed E-state index contributed by atoms with van der Waals surface area (Å²) in [7, 11) is 0. The third-order valence-corrected chi connectivity index (χ3v) is 1.59. The van der Waals surface area contributed by atoms with Crippen molar-refractivity contribution in [3.05, 3.63) is 24.7 Å². The van der Waals surface area contributed by atoms with Crippen LogP contribution in [-0.4, -0.2) is 32.3 Å². The smallest absolute Gasteiger partial charge is 0.341 e. The fraction of sp³-hybridized carbons (Fsp3) is 0.125. The predicted octanol–water partition coefficient (Wildman–Crippen LogP) is 0.193. The Hall–Kier alpha value is -2.11. The second kappa shape index (κ2) is 3.33. The van der Waals surface area contributed by atoms with E-state index >= 15 is 0 Å². The number of carboxylic acids is 1. The summed E-state index contributed by atoms with van der Waals surface area (Å²) in [6.07, 6.45) is 4.63. The Kier molecular flexibility index (Phi) is 2.02. The molecule has 0 spiro atoms. The fourth-order valence-corrected chi connectivity index (χ4v) is 1.01. The Morgan fingerprint density at radius 1 is 1.64 bits per heavy atom. The Balaban J connectivity index is 2.21. The standard InChI is InChI=1S/C8H7N3O3/c12-8(13)5-14-6-3-9-7-1-2-10-11(7)4-6/h1-4H,5H2,(H,12,13). The van der Waals surface area contributed by atoms with Crippen molar-refractivity contribution >= 4 is 11.6 Å². The maximum atomic E-state index is 10.2. The first-order valence-electron chi connectivity index (χ1n) is 3.90. The molecule has 6 heteroatoms. The fourth-order valence-electron chi connectivity index (χ4n) is 1.01. The van der Waals surface area contributed by atoms with E-state index in [1.807, 2.05) is 0 Å². The van der Waals surface area contributed by atoms with E-state index in [9.17, 15) is 4.79 Å². The molecule has 2 aromatic rings. The molecule has 0 radical (unpaired) electrons. The Morgan fingerprint density at radius 2 is 2.50 bits per heavy atom. The molecule has 0 saturated carbocycles. The number of aromatic nitrogens is 3. The lowest BCUT2D eigenvalue weighted by Gasteiger charge is -2.01. The van der Waals surface area contributed by atoms with Crippen molar-refractivity contribution in [2.75, 3.05) is 6.61 Å². The lowest BCUT2D eigenvalue weighted by Crippen LogP contribution is -2.10. The number of ether oxygens (including phenoxy) is 1. The summed E-state index contributed by atoms with van der Waals surface area (Å²) in [4.78, 5) is 14.2. The van der Waals surface area contributed by atoms with Gasteiger partial charge in [0.1, 0.15) is 0 Å². The molecule has 0 aromatic carbocycles. The van der Waals surface area contributed by atoms with Gasteiger partial charge in [-0.2, -0.15) is 5.10 Å². The van der Waals surface area contributed by atoms with Gasteiger partial charge in [-0.15, -0.1) is 0 Å². The quantitative estimate of drug-likeness (QED) is 0.753. The monoisotopic (exact) mass is 193 g/mol. The summed E-state index contributed by atoms with van der Waals surface area (Å²) < 4.78 is 6.43. The van der Waals surface area contributed by atoms with Crippen molar-refractivity contribution < 1.29 is 14.6 Å². The highest BCUT2D eigenvalue weighted by atomic mass is 16.5. The van der Waals surface area contributed by atoms with E-state index in [4.69, 9.17) is 9.84 Å². The van der Waals surface area contributed by atoms with Gasteiger partial charge in [-0.3, -0.25) is 0 Å². The number of hydrogen-bond donors (Lipinski definition) is 1. The zero-order chi connectivity index (χ0) is 9.97. The van der Waals surface area contributed by atoms with Crippen LogP contribution < -0.4 is 4.74 Å². The summed E-state index contributed by atoms with van der Waals surface area (Å²) in [6, 6.07) is 1.74. The number of fused-ring (bicyclic) bond motifs is 1. The molecule has 0 fully saturated rings. The number of carboxylic acid groups (broad SMARTS) is 1. The van der Waals surface area contributed by atoms with Gasteiger partial charge in [0.2, 0.25) is 0 Å². The number of nitrogens with zero attached hydrogens (tertiary/aromatic N) is 3. The van der Waals surface area contributed by atoms with E-state index in [-0.39, 0.29) is 6.61 Å². The second-order valence-electron chi connectivity index (χ2n) is 2.61. The van der Waals surface area contributed by atoms with Crippen LogP contribution in [0.3, 0.4) is 0 Å². The SMILES string of the molecule is O=C(O)COc1cnc2ccnn2c1. The van der Waals surface area contributed by atoms with E-state index in [0.717, 1.165) is 0 Å². The first-order chi connectivity index (χ1) is 6.75. The highest BCUT2D eigenvalue weighted by molar-refractivity contribution is 5.68. The van der Waals surface area contributed by atoms with Crippen LogP contribution in [0, 0.1) is 0 Å². The summed E-state index contributed by atoms with van der Waals surface area (Å²) in [5.41, 5.74) is 0.688. The van der Waals surface area contributed by atoms with Crippen LogP contribution in [0.2, 0.25) is 0 Å². The van der Waals surface area contributed by atoms with Crippen molar-refractivity contribution in [3.8, 4) is 5.75 Å². The van der Waals surface area contributed by atoms with Crippen molar-refractivity contribution in [2.24, 2.45) is 0 Å². The maximum Gasteiger partial charge on any atom is 0.341 e. The third-order valence-electron chi connectivity index (χ3n) is 1.59. The van der Waals surface area contributed by atoms with E-state index in [1.165, 1.54) is 10.7 Å². The first-order valence-corrected chi connectivity index (χ1v) is 3.90. The molecule has 0 saturated heterocycles. The predicted molar refractivity (Wildman–Crippen MR) is 46.1 cm³/mol. The summed E-state index contributed by atoms with van der Waals surface area (Å²) in [5, 5.41) is 12.3. The van der Waals surface area contributed by atoms with Gasteiger partial charge in [0, 0.05) is 6.07 Å². The second-order valence-corrected chi connectivity index (χ2v) is 2.61. The molecule has 2 rings (SSSR count). The molecule has 0 aliphatic rings. The number of aliphatic carboxylic acids is 1. The Bertz CT molecular complexity index is 466. The van der Waals surface area contributed by atoms with Crippen LogP contribution in [0.15, 0.2) is 24.7 Å². The van der Waals surface area contributed by atoms with Gasteiger partial charge in [-0.1, -0.05) is 0 Å². The molecule has 0 aliphatic heterocycles. The van der Waals surface area contributed by atoms with Gasteiger partial charge in [-0.05, 0) is 0 Å². The molecule has 14 heavy (non-hydrogen) atoms. The maximum absolute atomic E-state index is 10.2. The first kappa shape index (κ1) is 8.49. The molecule has 0 atom stereocenters. The average Bonchev–Trinajstić information content (AvgIpc) is 2.61. The van der Waals surface area contributed by atoms with Crippen LogP contribution in [0.4, 0.5) is 0 Å². The van der Waals surface area contributed by atoms with Crippen LogP contribution in [0.25, 0.3) is 5.65 Å².